The van der Waals surface area contributed by atoms with Gasteiger partial charge < -0.3 is 0 Å². The number of carbonyl (C=O) groups is 1. The van der Waals surface area contributed by atoms with Gasteiger partial charge in [0.1, 0.15) is 17.5 Å². The van der Waals surface area contributed by atoms with Crippen molar-refractivity contribution in [3.63, 3.8) is 0 Å². The van der Waals surface area contributed by atoms with Crippen molar-refractivity contribution in [2.24, 2.45) is 0 Å². The summed E-state index contributed by atoms with van der Waals surface area (Å²) in [5, 5.41) is 1.99. The van der Waals surface area contributed by atoms with E-state index in [1.165, 1.54) is 30.8 Å². The molecule has 0 aliphatic heterocycles. The van der Waals surface area contributed by atoms with Crippen LogP contribution >= 0.6 is 23.1 Å². The third-order valence-corrected chi connectivity index (χ3v) is 5.37. The van der Waals surface area contributed by atoms with Crippen LogP contribution in [0.1, 0.15) is 12.6 Å². The molecule has 0 unspecified atom stereocenters. The number of anilines is 2. The fraction of sp³-hybridized carbons (Fsp3) is 0.111. The average Bonchev–Trinajstić information content (AvgIpc) is 3.04. The number of hydrogen-bond donors (Lipinski definition) is 0. The standard InChI is InChI=1S/C18H13F3N2OS2/c1-11(24)23(16-7-6-12(19)8-15(16)21)18-22-13(10-26-18)9-25-17-5-3-2-4-14(17)20/h2-8,10H,9H2,1H3. The van der Waals surface area contributed by atoms with Gasteiger partial charge in [0.05, 0.1) is 11.4 Å². The molecule has 0 bridgehead atoms. The van der Waals surface area contributed by atoms with E-state index in [9.17, 15) is 18.0 Å². The number of thiazole rings is 1. The molecule has 0 saturated carbocycles. The molecule has 0 fully saturated rings. The van der Waals surface area contributed by atoms with Crippen LogP contribution in [0, 0.1) is 17.5 Å². The van der Waals surface area contributed by atoms with Gasteiger partial charge in [-0.05, 0) is 24.3 Å². The van der Waals surface area contributed by atoms with E-state index in [2.05, 4.69) is 4.98 Å². The lowest BCUT2D eigenvalue weighted by molar-refractivity contribution is -0.115. The van der Waals surface area contributed by atoms with Crippen molar-refractivity contribution in [2.45, 2.75) is 17.6 Å². The number of thioether (sulfide) groups is 1. The van der Waals surface area contributed by atoms with E-state index in [1.807, 2.05) is 0 Å². The minimum absolute atomic E-state index is 0.0680. The highest BCUT2D eigenvalue weighted by molar-refractivity contribution is 7.98. The van der Waals surface area contributed by atoms with Crippen LogP contribution in [0.4, 0.5) is 24.0 Å². The largest absolute Gasteiger partial charge is 0.274 e. The van der Waals surface area contributed by atoms with E-state index in [1.54, 1.807) is 23.6 Å². The summed E-state index contributed by atoms with van der Waals surface area (Å²) in [6.07, 6.45) is 0. The van der Waals surface area contributed by atoms with Crippen LogP contribution in [0.25, 0.3) is 0 Å². The van der Waals surface area contributed by atoms with E-state index in [0.717, 1.165) is 22.3 Å². The zero-order valence-corrected chi connectivity index (χ0v) is 15.2. The van der Waals surface area contributed by atoms with E-state index < -0.39 is 17.5 Å². The van der Waals surface area contributed by atoms with Gasteiger partial charge in [-0.2, -0.15) is 0 Å². The predicted octanol–water partition coefficient (Wildman–Crippen LogP) is 5.54. The summed E-state index contributed by atoms with van der Waals surface area (Å²) < 4.78 is 40.9. The highest BCUT2D eigenvalue weighted by Gasteiger charge is 2.21. The monoisotopic (exact) mass is 394 g/mol. The summed E-state index contributed by atoms with van der Waals surface area (Å²) >= 11 is 2.44. The summed E-state index contributed by atoms with van der Waals surface area (Å²) in [5.74, 6) is -1.94. The van der Waals surface area contributed by atoms with E-state index in [-0.39, 0.29) is 16.6 Å². The fourth-order valence-corrected chi connectivity index (χ4v) is 4.07. The average molecular weight is 394 g/mol. The molecular formula is C18H13F3N2OS2. The number of halogens is 3. The maximum Gasteiger partial charge on any atom is 0.230 e. The van der Waals surface area contributed by atoms with Crippen molar-refractivity contribution in [1.82, 2.24) is 4.98 Å². The van der Waals surface area contributed by atoms with Crippen molar-refractivity contribution < 1.29 is 18.0 Å². The van der Waals surface area contributed by atoms with Gasteiger partial charge in [-0.3, -0.25) is 9.69 Å². The number of hydrogen-bond acceptors (Lipinski definition) is 4. The second-order valence-corrected chi connectivity index (χ2v) is 7.14. The SMILES string of the molecule is CC(=O)N(c1nc(CSc2ccccc2F)cs1)c1ccc(F)cc1F. The van der Waals surface area contributed by atoms with Gasteiger partial charge in [-0.25, -0.2) is 18.2 Å². The Morgan fingerprint density at radius 3 is 2.62 bits per heavy atom. The number of aromatic nitrogens is 1. The lowest BCUT2D eigenvalue weighted by Crippen LogP contribution is -2.23. The van der Waals surface area contributed by atoms with E-state index in [0.29, 0.717) is 22.4 Å². The molecule has 0 aliphatic carbocycles. The maximum atomic E-state index is 14.1. The van der Waals surface area contributed by atoms with Gasteiger partial charge in [0.2, 0.25) is 5.91 Å². The first-order valence-corrected chi connectivity index (χ1v) is 9.39. The number of amides is 1. The van der Waals surface area contributed by atoms with Crippen molar-refractivity contribution in [3.05, 3.63) is 71.0 Å². The Hall–Kier alpha value is -2.32. The summed E-state index contributed by atoms with van der Waals surface area (Å²) in [4.78, 5) is 17.9. The van der Waals surface area contributed by atoms with Gasteiger partial charge in [-0.15, -0.1) is 23.1 Å². The van der Waals surface area contributed by atoms with Crippen LogP contribution in [0.5, 0.6) is 0 Å². The van der Waals surface area contributed by atoms with Gasteiger partial charge >= 0.3 is 0 Å². The molecule has 2 aromatic carbocycles. The van der Waals surface area contributed by atoms with Gasteiger partial charge in [0.15, 0.2) is 5.13 Å². The van der Waals surface area contributed by atoms with Crippen molar-refractivity contribution in [3.8, 4) is 0 Å². The van der Waals surface area contributed by atoms with Crippen LogP contribution in [0.2, 0.25) is 0 Å². The van der Waals surface area contributed by atoms with Crippen molar-refractivity contribution >= 4 is 39.8 Å². The summed E-state index contributed by atoms with van der Waals surface area (Å²) in [5.41, 5.74) is 0.563. The van der Waals surface area contributed by atoms with Crippen LogP contribution in [-0.4, -0.2) is 10.9 Å². The molecule has 134 valence electrons. The lowest BCUT2D eigenvalue weighted by Gasteiger charge is -2.18. The van der Waals surface area contributed by atoms with Gasteiger partial charge in [-0.1, -0.05) is 12.1 Å². The molecule has 1 aromatic heterocycles. The van der Waals surface area contributed by atoms with Crippen LogP contribution < -0.4 is 4.90 Å². The number of benzene rings is 2. The van der Waals surface area contributed by atoms with Crippen LogP contribution in [0.3, 0.4) is 0 Å². The Kier molecular flexibility index (Phi) is 5.63. The smallest absolute Gasteiger partial charge is 0.230 e. The number of rotatable bonds is 5. The number of nitrogens with zero attached hydrogens (tertiary/aromatic N) is 2. The van der Waals surface area contributed by atoms with Gasteiger partial charge in [0.25, 0.3) is 0 Å². The second kappa shape index (κ2) is 7.92. The summed E-state index contributed by atoms with van der Waals surface area (Å²) in [6, 6.07) is 9.40. The molecule has 0 spiro atoms. The molecule has 1 amide bonds. The molecule has 8 heteroatoms. The zero-order valence-electron chi connectivity index (χ0n) is 13.6. The molecule has 26 heavy (non-hydrogen) atoms. The summed E-state index contributed by atoms with van der Waals surface area (Å²) in [6.45, 7) is 1.28. The summed E-state index contributed by atoms with van der Waals surface area (Å²) in [7, 11) is 0. The molecule has 3 rings (SSSR count). The van der Waals surface area contributed by atoms with Crippen molar-refractivity contribution in [2.75, 3.05) is 4.90 Å². The Labute approximate surface area is 156 Å². The predicted molar refractivity (Wildman–Crippen MR) is 97.3 cm³/mol. The second-order valence-electron chi connectivity index (χ2n) is 5.29. The molecule has 1 heterocycles. The van der Waals surface area contributed by atoms with E-state index in [4.69, 9.17) is 0 Å². The molecule has 0 N–H and O–H groups in total. The highest BCUT2D eigenvalue weighted by atomic mass is 32.2. The molecule has 0 atom stereocenters. The Morgan fingerprint density at radius 2 is 1.92 bits per heavy atom. The molecule has 0 radical (unpaired) electrons. The molecule has 0 saturated heterocycles. The topological polar surface area (TPSA) is 33.2 Å². The third-order valence-electron chi connectivity index (χ3n) is 3.41. The maximum absolute atomic E-state index is 14.1. The number of carbonyl (C=O) groups excluding carboxylic acids is 1. The highest BCUT2D eigenvalue weighted by Crippen LogP contribution is 2.33. The Morgan fingerprint density at radius 1 is 1.15 bits per heavy atom. The first kappa shape index (κ1) is 18.5. The normalized spacial score (nSPS) is 10.8. The molecule has 0 aliphatic rings. The molecule has 3 aromatic rings. The Bertz CT molecular complexity index is 946. The Balaban J connectivity index is 1.82. The van der Waals surface area contributed by atoms with Crippen LogP contribution in [-0.2, 0) is 10.5 Å². The minimum atomic E-state index is -0.849. The first-order chi connectivity index (χ1) is 12.5. The van der Waals surface area contributed by atoms with E-state index >= 15 is 0 Å². The first-order valence-electron chi connectivity index (χ1n) is 7.53. The quantitative estimate of drug-likeness (QED) is 0.533. The zero-order chi connectivity index (χ0) is 18.7. The fourth-order valence-electron chi connectivity index (χ4n) is 2.25. The van der Waals surface area contributed by atoms with Crippen molar-refractivity contribution in [1.29, 1.82) is 0 Å². The minimum Gasteiger partial charge on any atom is -0.274 e. The lowest BCUT2D eigenvalue weighted by atomic mass is 10.2. The third kappa shape index (κ3) is 4.08. The van der Waals surface area contributed by atoms with Gasteiger partial charge in [0, 0.05) is 29.0 Å². The van der Waals surface area contributed by atoms with Crippen LogP contribution in [0.15, 0.2) is 52.7 Å². The molecule has 3 nitrogen and oxygen atoms in total. The molecular weight excluding hydrogens is 381 g/mol.